The molecule has 0 saturated carbocycles. The van der Waals surface area contributed by atoms with Gasteiger partial charge in [-0.1, -0.05) is 6.07 Å². The molecule has 1 aromatic carbocycles. The summed E-state index contributed by atoms with van der Waals surface area (Å²) in [6, 6.07) is 2.49. The van der Waals surface area contributed by atoms with Gasteiger partial charge in [0.1, 0.15) is 11.1 Å². The van der Waals surface area contributed by atoms with Gasteiger partial charge < -0.3 is 28.6 Å². The van der Waals surface area contributed by atoms with Crippen molar-refractivity contribution in [1.82, 2.24) is 24.8 Å². The smallest absolute Gasteiger partial charge is 0.434 e. The van der Waals surface area contributed by atoms with Gasteiger partial charge in [0, 0.05) is 18.7 Å². The second-order valence-electron chi connectivity index (χ2n) is 8.71. The number of fused-ring (bicyclic) bond motifs is 2. The van der Waals surface area contributed by atoms with Gasteiger partial charge in [0.2, 0.25) is 17.5 Å². The van der Waals surface area contributed by atoms with Gasteiger partial charge >= 0.3 is 6.36 Å². The Morgan fingerprint density at radius 1 is 1.24 bits per heavy atom. The summed E-state index contributed by atoms with van der Waals surface area (Å²) in [5, 5.41) is 10.2. The number of hydrogen-bond acceptors (Lipinski definition) is 8. The fourth-order valence-electron chi connectivity index (χ4n) is 4.03. The molecule has 0 radical (unpaired) electrons. The first-order valence-electron chi connectivity index (χ1n) is 10.8. The van der Waals surface area contributed by atoms with Crippen LogP contribution in [0.2, 0.25) is 0 Å². The molecule has 1 atom stereocenters. The average Bonchev–Trinajstić information content (AvgIpc) is 3.54. The van der Waals surface area contributed by atoms with Crippen molar-refractivity contribution in [2.45, 2.75) is 44.7 Å². The number of para-hydroxylation sites is 1. The van der Waals surface area contributed by atoms with Crippen LogP contribution >= 0.6 is 0 Å². The number of imidazole rings is 1. The number of alkyl halides is 5. The van der Waals surface area contributed by atoms with Crippen LogP contribution in [-0.2, 0) is 12.0 Å². The molecule has 15 heteroatoms. The second kappa shape index (κ2) is 8.54. The molecule has 0 spiro atoms. The van der Waals surface area contributed by atoms with E-state index in [-0.39, 0.29) is 35.6 Å². The Kier molecular flexibility index (Phi) is 5.69. The molecule has 4 aromatic rings. The first-order chi connectivity index (χ1) is 17.3. The minimum Gasteiger partial charge on any atom is -0.434 e. The number of halogens is 5. The van der Waals surface area contributed by atoms with E-state index in [0.29, 0.717) is 5.69 Å². The van der Waals surface area contributed by atoms with Crippen LogP contribution in [0.1, 0.15) is 65.7 Å². The third kappa shape index (κ3) is 4.50. The van der Waals surface area contributed by atoms with Crippen molar-refractivity contribution < 1.29 is 45.4 Å². The lowest BCUT2D eigenvalue weighted by atomic mass is 10.0. The van der Waals surface area contributed by atoms with E-state index in [4.69, 9.17) is 8.83 Å². The van der Waals surface area contributed by atoms with Crippen molar-refractivity contribution in [2.75, 3.05) is 6.54 Å². The molecule has 37 heavy (non-hydrogen) atoms. The molecule has 0 bridgehead atoms. The highest BCUT2D eigenvalue weighted by atomic mass is 19.4. The fourth-order valence-corrected chi connectivity index (χ4v) is 4.03. The van der Waals surface area contributed by atoms with Crippen molar-refractivity contribution >= 4 is 17.0 Å². The normalized spacial score (nSPS) is 16.5. The third-order valence-electron chi connectivity index (χ3n) is 5.62. The van der Waals surface area contributed by atoms with E-state index in [1.165, 1.54) is 32.3 Å². The Hall–Kier alpha value is -4.01. The Balaban J connectivity index is 1.62. The maximum atomic E-state index is 13.8. The number of aromatic nitrogens is 4. The van der Waals surface area contributed by atoms with Crippen LogP contribution in [0.25, 0.3) is 11.1 Å². The molecular formula is C22H18F5N5O5. The van der Waals surface area contributed by atoms with E-state index < -0.39 is 53.4 Å². The van der Waals surface area contributed by atoms with Crippen LogP contribution in [0.4, 0.5) is 22.0 Å². The van der Waals surface area contributed by atoms with E-state index >= 15 is 0 Å². The number of nitrogens with one attached hydrogen (secondary N) is 1. The Bertz CT molecular complexity index is 1470. The summed E-state index contributed by atoms with van der Waals surface area (Å²) >= 11 is 0. The molecule has 4 heterocycles. The van der Waals surface area contributed by atoms with E-state index in [2.05, 4.69) is 24.7 Å². The topological polar surface area (TPSA) is 131 Å². The van der Waals surface area contributed by atoms with E-state index in [1.807, 2.05) is 0 Å². The van der Waals surface area contributed by atoms with Crippen LogP contribution in [-0.4, -0.2) is 48.8 Å². The molecule has 1 amide bonds. The Labute approximate surface area is 204 Å². The number of aliphatic hydroxyl groups is 1. The van der Waals surface area contributed by atoms with Crippen LogP contribution < -0.4 is 4.74 Å². The Morgan fingerprint density at radius 2 is 2.00 bits per heavy atom. The van der Waals surface area contributed by atoms with Crippen molar-refractivity contribution in [3.05, 3.63) is 59.1 Å². The molecule has 1 aliphatic rings. The summed E-state index contributed by atoms with van der Waals surface area (Å²) in [6.07, 6.45) is -6.61. The van der Waals surface area contributed by atoms with Crippen molar-refractivity contribution in [2.24, 2.45) is 0 Å². The predicted octanol–water partition coefficient (Wildman–Crippen LogP) is 4.39. The maximum Gasteiger partial charge on any atom is 0.573 e. The van der Waals surface area contributed by atoms with Gasteiger partial charge in [0.25, 0.3) is 12.3 Å². The SMILES string of the molecule is CC(C)(O)c1nc(C(F)F)c(C(=O)N2CCc3[nH]cnc3[C@H]2c2nc3cccc(OC(F)(F)F)c3o2)o1. The quantitative estimate of drug-likeness (QED) is 0.366. The molecule has 5 rings (SSSR count). The molecule has 1 aliphatic heterocycles. The number of nitrogens with zero attached hydrogens (tertiary/aromatic N) is 4. The number of carbonyl (C=O) groups excluding carboxylic acids is 1. The number of benzene rings is 1. The molecule has 10 nitrogen and oxygen atoms in total. The standard InChI is InChI=1S/C22H18F5N5O5/c1-21(2,34)20-31-13(17(23)24)16(36-20)19(33)32-7-6-9-12(29-8-28-9)14(32)18-30-10-4-3-5-11(15(10)35-18)37-22(25,26)27/h3-5,8,14,17,34H,6-7H2,1-2H3,(H,28,29)/t14-/m0/s1. The highest BCUT2D eigenvalue weighted by molar-refractivity contribution is 5.93. The summed E-state index contributed by atoms with van der Waals surface area (Å²) in [5.41, 5.74) is -2.20. The zero-order valence-electron chi connectivity index (χ0n) is 19.1. The minimum absolute atomic E-state index is 0.00376. The van der Waals surface area contributed by atoms with E-state index in [9.17, 15) is 31.9 Å². The van der Waals surface area contributed by atoms with Gasteiger partial charge in [-0.3, -0.25) is 4.79 Å². The number of rotatable bonds is 5. The first-order valence-corrected chi connectivity index (χ1v) is 10.8. The number of carbonyl (C=O) groups is 1. The predicted molar refractivity (Wildman–Crippen MR) is 113 cm³/mol. The van der Waals surface area contributed by atoms with Gasteiger partial charge in [0.05, 0.1) is 12.0 Å². The molecule has 0 unspecified atom stereocenters. The number of H-pyrrole nitrogens is 1. The molecule has 3 aromatic heterocycles. The number of hydrogen-bond donors (Lipinski definition) is 2. The van der Waals surface area contributed by atoms with Crippen LogP contribution in [0, 0.1) is 0 Å². The lowest BCUT2D eigenvalue weighted by Crippen LogP contribution is -2.41. The Morgan fingerprint density at radius 3 is 2.68 bits per heavy atom. The molecule has 0 aliphatic carbocycles. The molecular weight excluding hydrogens is 509 g/mol. The summed E-state index contributed by atoms with van der Waals surface area (Å²) in [5.74, 6) is -3.18. The summed E-state index contributed by atoms with van der Waals surface area (Å²) < 4.78 is 81.1. The van der Waals surface area contributed by atoms with Crippen molar-refractivity contribution in [1.29, 1.82) is 0 Å². The number of oxazole rings is 2. The lowest BCUT2D eigenvalue weighted by Gasteiger charge is -2.32. The fraction of sp³-hybridized carbons (Fsp3) is 0.364. The van der Waals surface area contributed by atoms with Crippen LogP contribution in [0.15, 0.2) is 33.4 Å². The highest BCUT2D eigenvalue weighted by Crippen LogP contribution is 2.39. The van der Waals surface area contributed by atoms with Crippen LogP contribution in [0.3, 0.4) is 0 Å². The zero-order valence-corrected chi connectivity index (χ0v) is 19.1. The number of aromatic amines is 1. The minimum atomic E-state index is -5.00. The van der Waals surface area contributed by atoms with Gasteiger partial charge in [-0.2, -0.15) is 0 Å². The summed E-state index contributed by atoms with van der Waals surface area (Å²) in [7, 11) is 0. The van der Waals surface area contributed by atoms with Gasteiger partial charge in [0.15, 0.2) is 23.1 Å². The monoisotopic (exact) mass is 527 g/mol. The van der Waals surface area contributed by atoms with E-state index in [1.54, 1.807) is 0 Å². The van der Waals surface area contributed by atoms with Gasteiger partial charge in [-0.25, -0.2) is 23.7 Å². The van der Waals surface area contributed by atoms with Gasteiger partial charge in [-0.05, 0) is 26.0 Å². The van der Waals surface area contributed by atoms with Crippen molar-refractivity contribution in [3.8, 4) is 5.75 Å². The zero-order chi connectivity index (χ0) is 26.7. The first kappa shape index (κ1) is 24.7. The van der Waals surface area contributed by atoms with E-state index in [0.717, 1.165) is 11.0 Å². The number of amides is 1. The highest BCUT2D eigenvalue weighted by Gasteiger charge is 2.42. The second-order valence-corrected chi connectivity index (χ2v) is 8.71. The number of ether oxygens (including phenoxy) is 1. The summed E-state index contributed by atoms with van der Waals surface area (Å²) in [4.78, 5) is 29.6. The molecule has 0 saturated heterocycles. The third-order valence-corrected chi connectivity index (χ3v) is 5.62. The molecule has 0 fully saturated rings. The summed E-state index contributed by atoms with van der Waals surface area (Å²) in [6.45, 7) is 2.46. The van der Waals surface area contributed by atoms with Crippen molar-refractivity contribution in [3.63, 3.8) is 0 Å². The lowest BCUT2D eigenvalue weighted by molar-refractivity contribution is -0.274. The average molecular weight is 527 g/mol. The maximum absolute atomic E-state index is 13.8. The van der Waals surface area contributed by atoms with Crippen LogP contribution in [0.5, 0.6) is 5.75 Å². The van der Waals surface area contributed by atoms with Gasteiger partial charge in [-0.15, -0.1) is 13.2 Å². The molecule has 196 valence electrons. The molecule has 2 N–H and O–H groups in total. The largest absolute Gasteiger partial charge is 0.573 e.